The van der Waals surface area contributed by atoms with Gasteiger partial charge in [-0.15, -0.1) is 0 Å². The van der Waals surface area contributed by atoms with Crippen molar-refractivity contribution in [3.05, 3.63) is 6.92 Å². The molecular weight excluding hydrogens is 244 g/mol. The minimum atomic E-state index is 0.865. The highest BCUT2D eigenvalue weighted by atomic mass is 14.8. The predicted molar refractivity (Wildman–Crippen MR) is 91.9 cm³/mol. The summed E-state index contributed by atoms with van der Waals surface area (Å²) in [6.07, 6.45) is 18.8. The Bertz CT molecular complexity index is 141. The van der Waals surface area contributed by atoms with Crippen LogP contribution in [0.3, 0.4) is 0 Å². The molecule has 0 bridgehead atoms. The van der Waals surface area contributed by atoms with Crippen molar-refractivity contribution in [3.8, 4) is 0 Å². The van der Waals surface area contributed by atoms with E-state index in [0.29, 0.717) is 0 Å². The van der Waals surface area contributed by atoms with E-state index in [-0.39, 0.29) is 0 Å². The van der Waals surface area contributed by atoms with Gasteiger partial charge in [-0.05, 0) is 38.9 Å². The second-order valence-corrected chi connectivity index (χ2v) is 5.99. The number of hydrogen-bond acceptors (Lipinski definition) is 2. The molecule has 0 rings (SSSR count). The lowest BCUT2D eigenvalue weighted by Gasteiger charge is -2.05. The molecule has 2 nitrogen and oxygen atoms in total. The van der Waals surface area contributed by atoms with Gasteiger partial charge in [-0.1, -0.05) is 77.6 Å². The van der Waals surface area contributed by atoms with Crippen molar-refractivity contribution in [3.63, 3.8) is 0 Å². The van der Waals surface area contributed by atoms with Crippen LogP contribution in [0.2, 0.25) is 0 Å². The normalized spacial score (nSPS) is 11.1. The van der Waals surface area contributed by atoms with Crippen molar-refractivity contribution < 1.29 is 0 Å². The molecule has 0 aromatic heterocycles. The first-order valence-electron chi connectivity index (χ1n) is 9.12. The van der Waals surface area contributed by atoms with Crippen LogP contribution in [0.25, 0.3) is 0 Å². The molecule has 1 radical (unpaired) electrons. The third-order valence-corrected chi connectivity index (χ3v) is 3.91. The van der Waals surface area contributed by atoms with Gasteiger partial charge in [0.15, 0.2) is 0 Å². The molecule has 0 unspecified atom stereocenters. The van der Waals surface area contributed by atoms with Crippen molar-refractivity contribution in [2.75, 3.05) is 19.6 Å². The summed E-state index contributed by atoms with van der Waals surface area (Å²) in [6, 6.07) is 0. The molecule has 20 heavy (non-hydrogen) atoms. The van der Waals surface area contributed by atoms with Crippen molar-refractivity contribution >= 4 is 0 Å². The molecule has 3 N–H and O–H groups in total. The van der Waals surface area contributed by atoms with Crippen LogP contribution in [-0.4, -0.2) is 19.6 Å². The fraction of sp³-hybridized carbons (Fsp3) is 0.944. The maximum Gasteiger partial charge on any atom is -0.00489 e. The molecule has 0 aromatic carbocycles. The summed E-state index contributed by atoms with van der Waals surface area (Å²) in [4.78, 5) is 0. The topological polar surface area (TPSA) is 38.0 Å². The standard InChI is InChI=1S/C18H39N2/c1-2-3-4-14-17-20-18-15-12-10-8-6-5-7-9-11-13-16-19/h20H,1-19H2. The van der Waals surface area contributed by atoms with E-state index in [0.717, 1.165) is 13.0 Å². The lowest BCUT2D eigenvalue weighted by atomic mass is 10.1. The first kappa shape index (κ1) is 19.9. The Morgan fingerprint density at radius 1 is 0.550 bits per heavy atom. The number of hydrogen-bond donors (Lipinski definition) is 2. The van der Waals surface area contributed by atoms with E-state index >= 15 is 0 Å². The second-order valence-electron chi connectivity index (χ2n) is 5.99. The SMILES string of the molecule is [CH2]CCCCCNCCCCCCCCCCCCN. The Labute approximate surface area is 128 Å². The van der Waals surface area contributed by atoms with Crippen LogP contribution in [0, 0.1) is 6.92 Å². The van der Waals surface area contributed by atoms with Gasteiger partial charge in [0.05, 0.1) is 0 Å². The van der Waals surface area contributed by atoms with Gasteiger partial charge in [0, 0.05) is 0 Å². The molecule has 0 aliphatic rings. The minimum Gasteiger partial charge on any atom is -0.330 e. The summed E-state index contributed by atoms with van der Waals surface area (Å²) >= 11 is 0. The predicted octanol–water partition coefficient (Wildman–Crippen LogP) is 4.83. The number of unbranched alkanes of at least 4 members (excludes halogenated alkanes) is 12. The fourth-order valence-electron chi connectivity index (χ4n) is 2.54. The van der Waals surface area contributed by atoms with Crippen molar-refractivity contribution in [1.82, 2.24) is 5.32 Å². The molecule has 0 spiro atoms. The number of nitrogens with two attached hydrogens (primary N) is 1. The Morgan fingerprint density at radius 2 is 0.950 bits per heavy atom. The average Bonchev–Trinajstić information content (AvgIpc) is 2.47. The van der Waals surface area contributed by atoms with Crippen LogP contribution in [0.1, 0.15) is 89.9 Å². The van der Waals surface area contributed by atoms with Crippen molar-refractivity contribution in [2.24, 2.45) is 5.73 Å². The van der Waals surface area contributed by atoms with Crippen LogP contribution in [-0.2, 0) is 0 Å². The molecule has 0 heterocycles. The largest absolute Gasteiger partial charge is 0.330 e. The Hall–Kier alpha value is -0.0800. The van der Waals surface area contributed by atoms with Gasteiger partial charge in [-0.25, -0.2) is 0 Å². The molecule has 0 aliphatic heterocycles. The average molecular weight is 284 g/mol. The first-order valence-corrected chi connectivity index (χ1v) is 9.12. The molecule has 0 atom stereocenters. The highest BCUT2D eigenvalue weighted by Gasteiger charge is 1.93. The van der Waals surface area contributed by atoms with E-state index in [1.807, 2.05) is 0 Å². The zero-order valence-electron chi connectivity index (χ0n) is 13.8. The first-order chi connectivity index (χ1) is 9.91. The molecule has 0 fully saturated rings. The lowest BCUT2D eigenvalue weighted by Crippen LogP contribution is -2.16. The monoisotopic (exact) mass is 283 g/mol. The van der Waals surface area contributed by atoms with Gasteiger partial charge in [0.1, 0.15) is 0 Å². The number of nitrogens with one attached hydrogen (secondary N) is 1. The second kappa shape index (κ2) is 18.9. The third kappa shape index (κ3) is 17.9. The van der Waals surface area contributed by atoms with Crippen LogP contribution in [0.5, 0.6) is 0 Å². The van der Waals surface area contributed by atoms with E-state index < -0.39 is 0 Å². The Balaban J connectivity index is 2.89. The molecule has 0 saturated heterocycles. The molecule has 0 saturated carbocycles. The van der Waals surface area contributed by atoms with Gasteiger partial charge in [-0.2, -0.15) is 0 Å². The van der Waals surface area contributed by atoms with Gasteiger partial charge in [0.25, 0.3) is 0 Å². The zero-order chi connectivity index (χ0) is 14.7. The summed E-state index contributed by atoms with van der Waals surface area (Å²) in [6.45, 7) is 7.14. The fourth-order valence-corrected chi connectivity index (χ4v) is 2.54. The molecule has 121 valence electrons. The van der Waals surface area contributed by atoms with Gasteiger partial charge in [0.2, 0.25) is 0 Å². The summed E-state index contributed by atoms with van der Waals surface area (Å²) in [5.41, 5.74) is 5.48. The van der Waals surface area contributed by atoms with Gasteiger partial charge >= 0.3 is 0 Å². The van der Waals surface area contributed by atoms with Crippen LogP contribution in [0.4, 0.5) is 0 Å². The molecular formula is C18H39N2. The van der Waals surface area contributed by atoms with Gasteiger partial charge in [-0.3, -0.25) is 0 Å². The molecule has 2 heteroatoms. The Kier molecular flexibility index (Phi) is 18.8. The van der Waals surface area contributed by atoms with Crippen LogP contribution < -0.4 is 11.1 Å². The van der Waals surface area contributed by atoms with Gasteiger partial charge < -0.3 is 11.1 Å². The third-order valence-electron chi connectivity index (χ3n) is 3.91. The van der Waals surface area contributed by atoms with E-state index in [1.54, 1.807) is 0 Å². The molecule has 0 amide bonds. The summed E-state index contributed by atoms with van der Waals surface area (Å²) in [5.74, 6) is 0. The van der Waals surface area contributed by atoms with E-state index in [9.17, 15) is 0 Å². The van der Waals surface area contributed by atoms with E-state index in [2.05, 4.69) is 12.2 Å². The number of rotatable bonds is 17. The van der Waals surface area contributed by atoms with Crippen LogP contribution >= 0.6 is 0 Å². The minimum absolute atomic E-state index is 0.865. The summed E-state index contributed by atoms with van der Waals surface area (Å²) in [7, 11) is 0. The maximum absolute atomic E-state index is 5.48. The van der Waals surface area contributed by atoms with Crippen molar-refractivity contribution in [2.45, 2.75) is 89.9 Å². The molecule has 0 aliphatic carbocycles. The van der Waals surface area contributed by atoms with E-state index in [1.165, 1.54) is 96.6 Å². The highest BCUT2D eigenvalue weighted by Crippen LogP contribution is 2.10. The van der Waals surface area contributed by atoms with E-state index in [4.69, 9.17) is 5.73 Å². The molecule has 0 aromatic rings. The smallest absolute Gasteiger partial charge is 0.00489 e. The lowest BCUT2D eigenvalue weighted by molar-refractivity contribution is 0.535. The summed E-state index contributed by atoms with van der Waals surface area (Å²) in [5, 5.41) is 3.54. The highest BCUT2D eigenvalue weighted by molar-refractivity contribution is 4.52. The summed E-state index contributed by atoms with van der Waals surface area (Å²) < 4.78 is 0. The van der Waals surface area contributed by atoms with Crippen molar-refractivity contribution in [1.29, 1.82) is 0 Å². The zero-order valence-corrected chi connectivity index (χ0v) is 13.8. The quantitative estimate of drug-likeness (QED) is 0.375. The maximum atomic E-state index is 5.48. The van der Waals surface area contributed by atoms with Crippen LogP contribution in [0.15, 0.2) is 0 Å². The Morgan fingerprint density at radius 3 is 1.40 bits per heavy atom.